The fraction of sp³-hybridized carbons (Fsp3) is 0.350. The van der Waals surface area contributed by atoms with Crippen LogP contribution in [0.1, 0.15) is 82.6 Å². The minimum absolute atomic E-state index is 0.226. The van der Waals surface area contributed by atoms with Gasteiger partial charge >= 0.3 is 320 Å². The summed E-state index contributed by atoms with van der Waals surface area (Å²) in [6.45, 7) is 16.8. The standard InChI is InChI=1S/2C20H21N6.Zr/c2*1-11-18(12(2)22-21-11)16-10-17(20-8-5-6-15(20)7-9-20)25-26(16)19-13(3)23-24-14(19)4;/h2*5-6,8H,7,9H2,1-4H3,(H,21,22)(H,23,24);. The number of rotatable bonds is 8. The van der Waals surface area contributed by atoms with Crippen molar-refractivity contribution >= 4 is 6.54 Å². The summed E-state index contributed by atoms with van der Waals surface area (Å²) in [5.74, 6) is 0. The summed E-state index contributed by atoms with van der Waals surface area (Å²) in [6, 6.07) is 0. The predicted octanol–water partition coefficient (Wildman–Crippen LogP) is 5.84. The predicted molar refractivity (Wildman–Crippen MR) is 200 cm³/mol. The Kier molecular flexibility index (Phi) is 6.98. The molecular formula is C40H42N12Zr. The van der Waals surface area contributed by atoms with E-state index in [0.717, 1.165) is 117 Å². The molecule has 4 aliphatic carbocycles. The van der Waals surface area contributed by atoms with Crippen LogP contribution in [-0.4, -0.2) is 60.4 Å². The molecule has 4 N–H and O–H groups in total. The van der Waals surface area contributed by atoms with Crippen molar-refractivity contribution in [2.75, 3.05) is 0 Å². The number of aromatic amines is 4. The minimum atomic E-state index is -1.84. The monoisotopic (exact) mass is 780 g/mol. The van der Waals surface area contributed by atoms with Crippen molar-refractivity contribution in [3.05, 3.63) is 105 Å². The van der Waals surface area contributed by atoms with Gasteiger partial charge in [0.15, 0.2) is 0 Å². The number of fused-ring (bicyclic) bond motifs is 2. The second kappa shape index (κ2) is 11.3. The number of aryl methyl sites for hydroxylation is 8. The van der Waals surface area contributed by atoms with Crippen molar-refractivity contribution in [2.45, 2.75) is 91.9 Å². The fourth-order valence-corrected chi connectivity index (χ4v) is 13.7. The Morgan fingerprint density at radius 3 is 1.25 bits per heavy atom. The Morgan fingerprint density at radius 2 is 0.943 bits per heavy atom. The average molecular weight is 782 g/mol. The van der Waals surface area contributed by atoms with Crippen molar-refractivity contribution < 1.29 is 23.2 Å². The van der Waals surface area contributed by atoms with E-state index in [9.17, 15) is 0 Å². The van der Waals surface area contributed by atoms with E-state index in [4.69, 9.17) is 20.4 Å². The van der Waals surface area contributed by atoms with Crippen molar-refractivity contribution in [3.63, 3.8) is 0 Å². The Hall–Kier alpha value is -4.90. The third-order valence-electron chi connectivity index (χ3n) is 12.3. The van der Waals surface area contributed by atoms with Gasteiger partial charge in [0.25, 0.3) is 0 Å². The molecule has 10 rings (SSSR count). The van der Waals surface area contributed by atoms with E-state index < -0.39 is 23.2 Å². The van der Waals surface area contributed by atoms with Crippen LogP contribution in [0.5, 0.6) is 0 Å². The number of hydrogen-bond donors (Lipinski definition) is 4. The van der Waals surface area contributed by atoms with Crippen LogP contribution < -0.4 is 6.54 Å². The number of aromatic nitrogens is 12. The van der Waals surface area contributed by atoms with Crippen LogP contribution in [0.4, 0.5) is 0 Å². The summed E-state index contributed by atoms with van der Waals surface area (Å²) >= 11 is -1.84. The molecule has 2 fully saturated rings. The van der Waals surface area contributed by atoms with Crippen LogP contribution in [0.3, 0.4) is 0 Å². The molecule has 0 amide bonds. The topological polar surface area (TPSA) is 150 Å². The first-order valence-electron chi connectivity index (χ1n) is 18.4. The first-order valence-corrected chi connectivity index (χ1v) is 20.9. The third kappa shape index (κ3) is 4.31. The second-order valence-corrected chi connectivity index (χ2v) is 18.4. The van der Waals surface area contributed by atoms with E-state index in [1.165, 1.54) is 17.7 Å². The maximum atomic E-state index is 5.73. The van der Waals surface area contributed by atoms with Gasteiger partial charge in [0.1, 0.15) is 0 Å². The van der Waals surface area contributed by atoms with Gasteiger partial charge in [-0.2, -0.15) is 0 Å². The van der Waals surface area contributed by atoms with Gasteiger partial charge in [0.2, 0.25) is 0 Å². The van der Waals surface area contributed by atoms with Gasteiger partial charge < -0.3 is 0 Å². The van der Waals surface area contributed by atoms with Gasteiger partial charge in [-0.3, -0.25) is 0 Å². The van der Waals surface area contributed by atoms with Gasteiger partial charge in [0.05, 0.1) is 0 Å². The van der Waals surface area contributed by atoms with E-state index in [1.54, 1.807) is 0 Å². The first-order chi connectivity index (χ1) is 25.5. The molecule has 0 radical (unpaired) electrons. The zero-order chi connectivity index (χ0) is 36.6. The molecule has 6 heterocycles. The molecule has 0 spiro atoms. The molecule has 2 unspecified atom stereocenters. The Bertz CT molecular complexity index is 2400. The Labute approximate surface area is 318 Å². The number of hydrogen-bond acceptors (Lipinski definition) is 6. The molecule has 0 aliphatic heterocycles. The SMILES string of the molecule is Cc1n[nH]c(C)c1-c1[c]([Zr][c]2c(C34C=CC=C3CC4)nn(-c3c(C)n[nH]c3C)c2-c2c(C)n[nH]c2C)c(C23C=CC=C2CC3)nn1-c1c(C)n[nH]c1C. The molecule has 12 nitrogen and oxygen atoms in total. The second-order valence-electron chi connectivity index (χ2n) is 15.3. The summed E-state index contributed by atoms with van der Waals surface area (Å²) in [6.07, 6.45) is 18.1. The van der Waals surface area contributed by atoms with Crippen molar-refractivity contribution in [2.24, 2.45) is 0 Å². The number of allylic oxidation sites excluding steroid dienone is 8. The molecular weight excluding hydrogens is 740 g/mol. The Morgan fingerprint density at radius 1 is 0.547 bits per heavy atom. The molecule has 53 heavy (non-hydrogen) atoms. The van der Waals surface area contributed by atoms with Gasteiger partial charge in [-0.25, -0.2) is 0 Å². The van der Waals surface area contributed by atoms with Crippen LogP contribution in [-0.2, 0) is 34.1 Å². The normalized spacial score (nSPS) is 21.1. The van der Waals surface area contributed by atoms with E-state index in [0.29, 0.717) is 0 Å². The summed E-state index contributed by atoms with van der Waals surface area (Å²) in [5.41, 5.74) is 19.0. The Balaban J connectivity index is 1.35. The van der Waals surface area contributed by atoms with Gasteiger partial charge in [-0.15, -0.1) is 0 Å². The molecule has 2 atom stereocenters. The summed E-state index contributed by atoms with van der Waals surface area (Å²) in [5, 5.41) is 43.5. The number of nitrogens with zero attached hydrogens (tertiary/aromatic N) is 8. The quantitative estimate of drug-likeness (QED) is 0.153. The van der Waals surface area contributed by atoms with Gasteiger partial charge in [0, 0.05) is 0 Å². The van der Waals surface area contributed by atoms with Crippen molar-refractivity contribution in [3.8, 4) is 33.9 Å². The van der Waals surface area contributed by atoms with E-state index in [2.05, 4.69) is 132 Å². The first kappa shape index (κ1) is 32.7. The summed E-state index contributed by atoms with van der Waals surface area (Å²) in [7, 11) is 0. The van der Waals surface area contributed by atoms with Crippen LogP contribution >= 0.6 is 0 Å². The fourth-order valence-electron chi connectivity index (χ4n) is 9.40. The van der Waals surface area contributed by atoms with Crippen LogP contribution in [0.2, 0.25) is 0 Å². The average Bonchev–Trinajstić information content (AvgIpc) is 4.00. The van der Waals surface area contributed by atoms with Crippen molar-refractivity contribution in [1.29, 1.82) is 0 Å². The molecule has 6 aromatic rings. The molecule has 13 heteroatoms. The third-order valence-corrected chi connectivity index (χ3v) is 15.8. The van der Waals surface area contributed by atoms with E-state index >= 15 is 0 Å². The molecule has 4 aliphatic rings. The molecule has 2 saturated carbocycles. The van der Waals surface area contributed by atoms with Crippen LogP contribution in [0, 0.1) is 55.4 Å². The molecule has 6 aromatic heterocycles. The number of nitrogens with one attached hydrogen (secondary N) is 4. The zero-order valence-corrected chi connectivity index (χ0v) is 33.8. The molecule has 0 saturated heterocycles. The molecule has 0 aromatic carbocycles. The van der Waals surface area contributed by atoms with Crippen LogP contribution in [0.15, 0.2) is 47.6 Å². The molecule has 0 bridgehead atoms. The summed E-state index contributed by atoms with van der Waals surface area (Å²) in [4.78, 5) is 0. The number of H-pyrrole nitrogens is 4. The van der Waals surface area contributed by atoms with Gasteiger partial charge in [-0.05, 0) is 0 Å². The van der Waals surface area contributed by atoms with Crippen molar-refractivity contribution in [1.82, 2.24) is 60.4 Å². The van der Waals surface area contributed by atoms with Crippen LogP contribution in [0.25, 0.3) is 33.9 Å². The maximum absolute atomic E-state index is 5.73. The van der Waals surface area contributed by atoms with E-state index in [-0.39, 0.29) is 10.8 Å². The zero-order valence-electron chi connectivity index (χ0n) is 31.4. The van der Waals surface area contributed by atoms with Gasteiger partial charge in [-0.1, -0.05) is 0 Å². The van der Waals surface area contributed by atoms with E-state index in [1.807, 2.05) is 0 Å². The molecule has 266 valence electrons. The summed E-state index contributed by atoms with van der Waals surface area (Å²) < 4.78 is 7.10.